The van der Waals surface area contributed by atoms with E-state index >= 15 is 0 Å². The molecule has 0 spiro atoms. The van der Waals surface area contributed by atoms with Crippen molar-refractivity contribution in [1.82, 2.24) is 9.88 Å². The van der Waals surface area contributed by atoms with Gasteiger partial charge in [0.1, 0.15) is 0 Å². The van der Waals surface area contributed by atoms with E-state index < -0.39 is 18.7 Å². The molecular weight excluding hydrogens is 375 g/mol. The van der Waals surface area contributed by atoms with E-state index in [1.165, 1.54) is 19.1 Å². The fourth-order valence-electron chi connectivity index (χ4n) is 2.37. The highest BCUT2D eigenvalue weighted by molar-refractivity contribution is 6.04. The summed E-state index contributed by atoms with van der Waals surface area (Å²) in [4.78, 5) is 29.2. The van der Waals surface area contributed by atoms with Gasteiger partial charge < -0.3 is 15.0 Å². The Bertz CT molecular complexity index is 823. The normalized spacial score (nSPS) is 11.0. The Morgan fingerprint density at radius 1 is 1.21 bits per heavy atom. The fourth-order valence-corrected chi connectivity index (χ4v) is 2.37. The van der Waals surface area contributed by atoms with Crippen LogP contribution in [0.4, 0.5) is 18.9 Å². The highest BCUT2D eigenvalue weighted by Crippen LogP contribution is 2.18. The van der Waals surface area contributed by atoms with Crippen LogP contribution in [-0.2, 0) is 11.3 Å². The van der Waals surface area contributed by atoms with Crippen LogP contribution in [0.15, 0.2) is 42.6 Å². The third-order valence-corrected chi connectivity index (χ3v) is 3.77. The summed E-state index contributed by atoms with van der Waals surface area (Å²) in [6.45, 7) is 2.91. The number of halogens is 3. The number of anilines is 1. The van der Waals surface area contributed by atoms with Gasteiger partial charge in [0, 0.05) is 38.0 Å². The van der Waals surface area contributed by atoms with Crippen molar-refractivity contribution in [3.63, 3.8) is 0 Å². The molecule has 6 nitrogen and oxygen atoms in total. The molecule has 2 amide bonds. The third-order valence-electron chi connectivity index (χ3n) is 3.77. The first-order valence-electron chi connectivity index (χ1n) is 8.49. The number of rotatable bonds is 7. The van der Waals surface area contributed by atoms with E-state index in [1.807, 2.05) is 13.0 Å². The molecule has 0 unspecified atom stereocenters. The van der Waals surface area contributed by atoms with Crippen LogP contribution in [0.1, 0.15) is 29.8 Å². The average Bonchev–Trinajstić information content (AvgIpc) is 2.64. The Labute approximate surface area is 160 Å². The van der Waals surface area contributed by atoms with Crippen LogP contribution in [0, 0.1) is 0 Å². The summed E-state index contributed by atoms with van der Waals surface area (Å²) >= 11 is 0. The summed E-state index contributed by atoms with van der Waals surface area (Å²) in [6.07, 6.45) is -3.32. The lowest BCUT2D eigenvalue weighted by molar-refractivity contribution is -0.154. The minimum atomic E-state index is -4.46. The topological polar surface area (TPSA) is 71.5 Å². The average molecular weight is 395 g/mol. The zero-order valence-electron chi connectivity index (χ0n) is 15.4. The number of carbonyl (C=O) groups is 2. The summed E-state index contributed by atoms with van der Waals surface area (Å²) in [6, 6.07) is 9.56. The van der Waals surface area contributed by atoms with Crippen LogP contribution in [-0.4, -0.2) is 41.0 Å². The van der Waals surface area contributed by atoms with Crippen LogP contribution in [0.2, 0.25) is 0 Å². The fraction of sp³-hybridized carbons (Fsp3) is 0.316. The molecule has 0 bridgehead atoms. The van der Waals surface area contributed by atoms with E-state index in [2.05, 4.69) is 15.0 Å². The van der Waals surface area contributed by atoms with Gasteiger partial charge in [-0.15, -0.1) is 0 Å². The Morgan fingerprint density at radius 3 is 2.54 bits per heavy atom. The lowest BCUT2D eigenvalue weighted by atomic mass is 10.1. The summed E-state index contributed by atoms with van der Waals surface area (Å²) in [5.74, 6) is -0.735. The highest BCUT2D eigenvalue weighted by atomic mass is 19.4. The molecule has 1 aromatic heterocycles. The van der Waals surface area contributed by atoms with Gasteiger partial charge in [-0.3, -0.25) is 9.59 Å². The lowest BCUT2D eigenvalue weighted by Crippen LogP contribution is -2.27. The molecule has 28 heavy (non-hydrogen) atoms. The Morgan fingerprint density at radius 2 is 1.96 bits per heavy atom. The van der Waals surface area contributed by atoms with Crippen molar-refractivity contribution >= 4 is 17.5 Å². The quantitative estimate of drug-likeness (QED) is 0.777. The zero-order chi connectivity index (χ0) is 20.7. The van der Waals surface area contributed by atoms with Crippen LogP contribution < -0.4 is 10.1 Å². The van der Waals surface area contributed by atoms with Crippen LogP contribution in [0.25, 0.3) is 0 Å². The first kappa shape index (κ1) is 21.2. The van der Waals surface area contributed by atoms with Gasteiger partial charge in [0.15, 0.2) is 6.61 Å². The first-order chi connectivity index (χ1) is 13.2. The van der Waals surface area contributed by atoms with E-state index in [0.717, 1.165) is 11.8 Å². The molecule has 1 heterocycles. The third kappa shape index (κ3) is 6.57. The number of amides is 2. The molecule has 1 aromatic carbocycles. The van der Waals surface area contributed by atoms with Crippen LogP contribution in [0.5, 0.6) is 5.88 Å². The van der Waals surface area contributed by atoms with E-state index in [-0.39, 0.29) is 17.4 Å². The van der Waals surface area contributed by atoms with Crippen molar-refractivity contribution in [2.45, 2.75) is 26.6 Å². The predicted octanol–water partition coefficient (Wildman–Crippen LogP) is 3.64. The number of ether oxygens (including phenoxy) is 1. The van der Waals surface area contributed by atoms with Crippen molar-refractivity contribution in [2.24, 2.45) is 0 Å². The van der Waals surface area contributed by atoms with E-state index in [1.54, 1.807) is 23.1 Å². The molecule has 0 saturated heterocycles. The van der Waals surface area contributed by atoms with Gasteiger partial charge in [-0.25, -0.2) is 4.98 Å². The van der Waals surface area contributed by atoms with E-state index in [0.29, 0.717) is 18.8 Å². The molecule has 1 N–H and O–H groups in total. The number of hydrogen-bond acceptors (Lipinski definition) is 4. The molecule has 2 rings (SSSR count). The second-order valence-corrected chi connectivity index (χ2v) is 5.98. The highest BCUT2D eigenvalue weighted by Gasteiger charge is 2.28. The van der Waals surface area contributed by atoms with Gasteiger partial charge >= 0.3 is 6.18 Å². The van der Waals surface area contributed by atoms with Crippen molar-refractivity contribution in [3.8, 4) is 5.88 Å². The maximum atomic E-state index is 12.3. The molecule has 2 aromatic rings. The Hall–Kier alpha value is -3.10. The number of aromatic nitrogens is 1. The minimum Gasteiger partial charge on any atom is -0.468 e. The molecule has 0 radical (unpaired) electrons. The number of nitrogens with zero attached hydrogens (tertiary/aromatic N) is 2. The van der Waals surface area contributed by atoms with Gasteiger partial charge in [-0.2, -0.15) is 13.2 Å². The largest absolute Gasteiger partial charge is 0.468 e. The van der Waals surface area contributed by atoms with Gasteiger partial charge in [0.05, 0.1) is 5.56 Å². The smallest absolute Gasteiger partial charge is 0.422 e. The Kier molecular flexibility index (Phi) is 6.97. The summed E-state index contributed by atoms with van der Waals surface area (Å²) in [5.41, 5.74) is 1.55. The monoisotopic (exact) mass is 395 g/mol. The summed E-state index contributed by atoms with van der Waals surface area (Å²) in [5, 5.41) is 2.69. The number of carbonyl (C=O) groups excluding carboxylic acids is 2. The Balaban J connectivity index is 2.00. The van der Waals surface area contributed by atoms with Crippen LogP contribution in [0.3, 0.4) is 0 Å². The number of pyridine rings is 1. The minimum absolute atomic E-state index is 0.0455. The van der Waals surface area contributed by atoms with Gasteiger partial charge in [-0.05, 0) is 30.7 Å². The van der Waals surface area contributed by atoms with Gasteiger partial charge in [-0.1, -0.05) is 12.1 Å². The maximum absolute atomic E-state index is 12.3. The molecule has 0 saturated carbocycles. The summed E-state index contributed by atoms with van der Waals surface area (Å²) in [7, 11) is 0. The van der Waals surface area contributed by atoms with Crippen molar-refractivity contribution < 1.29 is 27.5 Å². The second kappa shape index (κ2) is 9.20. The second-order valence-electron chi connectivity index (χ2n) is 5.98. The molecule has 0 aliphatic carbocycles. The van der Waals surface area contributed by atoms with Gasteiger partial charge in [0.25, 0.3) is 5.91 Å². The first-order valence-corrected chi connectivity index (χ1v) is 8.49. The molecule has 0 aliphatic heterocycles. The summed E-state index contributed by atoms with van der Waals surface area (Å²) < 4.78 is 40.9. The van der Waals surface area contributed by atoms with Crippen molar-refractivity contribution in [3.05, 3.63) is 53.7 Å². The SMILES string of the molecule is CCN(Cc1cccc(NC(=O)c2ccc(OCC(F)(F)F)nc2)c1)C(C)=O. The molecular formula is C19H20F3N3O3. The van der Waals surface area contributed by atoms with Crippen LogP contribution >= 0.6 is 0 Å². The zero-order valence-corrected chi connectivity index (χ0v) is 15.4. The molecule has 0 atom stereocenters. The molecule has 0 fully saturated rings. The number of benzene rings is 1. The van der Waals surface area contributed by atoms with E-state index in [4.69, 9.17) is 0 Å². The number of alkyl halides is 3. The predicted molar refractivity (Wildman–Crippen MR) is 96.9 cm³/mol. The lowest BCUT2D eigenvalue weighted by Gasteiger charge is -2.19. The standard InChI is InChI=1S/C19H20F3N3O3/c1-3-25(13(2)26)11-14-5-4-6-16(9-14)24-18(27)15-7-8-17(23-10-15)28-12-19(20,21)22/h4-10H,3,11-12H2,1-2H3,(H,24,27). The molecule has 150 valence electrons. The number of nitrogens with one attached hydrogen (secondary N) is 1. The maximum Gasteiger partial charge on any atom is 0.422 e. The van der Waals surface area contributed by atoms with Crippen molar-refractivity contribution in [2.75, 3.05) is 18.5 Å². The number of hydrogen-bond donors (Lipinski definition) is 1. The van der Waals surface area contributed by atoms with Crippen molar-refractivity contribution in [1.29, 1.82) is 0 Å². The van der Waals surface area contributed by atoms with Gasteiger partial charge in [0.2, 0.25) is 11.8 Å². The molecule has 0 aliphatic rings. The molecule has 9 heteroatoms. The van der Waals surface area contributed by atoms with E-state index in [9.17, 15) is 22.8 Å².